The summed E-state index contributed by atoms with van der Waals surface area (Å²) in [6, 6.07) is 3.76. The molecule has 1 saturated carbocycles. The van der Waals surface area contributed by atoms with E-state index in [0.717, 1.165) is 18.7 Å². The fourth-order valence-electron chi connectivity index (χ4n) is 1.83. The Labute approximate surface area is 101 Å². The zero-order valence-corrected chi connectivity index (χ0v) is 10.2. The molecule has 1 unspecified atom stereocenters. The maximum absolute atomic E-state index is 9.80. The molecule has 4 heteroatoms. The number of hydrogen-bond donors (Lipinski definition) is 1. The average Bonchev–Trinajstić information content (AvgIpc) is 3.04. The van der Waals surface area contributed by atoms with Gasteiger partial charge < -0.3 is 5.11 Å². The Morgan fingerprint density at radius 1 is 1.56 bits per heavy atom. The largest absolute Gasteiger partial charge is 0.392 e. The molecule has 1 atom stereocenters. The Hall–Kier alpha value is -0.640. The Morgan fingerprint density at radius 3 is 2.88 bits per heavy atom. The topological polar surface area (TPSA) is 36.4 Å². The van der Waals surface area contributed by atoms with Gasteiger partial charge in [0.05, 0.1) is 6.10 Å². The maximum atomic E-state index is 9.80. The van der Waals surface area contributed by atoms with E-state index < -0.39 is 0 Å². The van der Waals surface area contributed by atoms with Crippen LogP contribution in [-0.4, -0.2) is 34.7 Å². The van der Waals surface area contributed by atoms with E-state index in [1.807, 2.05) is 13.1 Å². The molecule has 0 bridgehead atoms. The van der Waals surface area contributed by atoms with Gasteiger partial charge in [-0.25, -0.2) is 4.98 Å². The van der Waals surface area contributed by atoms with Gasteiger partial charge in [0.2, 0.25) is 0 Å². The van der Waals surface area contributed by atoms with Crippen molar-refractivity contribution in [1.82, 2.24) is 9.88 Å². The van der Waals surface area contributed by atoms with Gasteiger partial charge in [0.1, 0.15) is 5.15 Å². The lowest BCUT2D eigenvalue weighted by Crippen LogP contribution is -2.30. The quantitative estimate of drug-likeness (QED) is 0.800. The minimum absolute atomic E-state index is 0.176. The molecular weight excluding hydrogens is 224 g/mol. The van der Waals surface area contributed by atoms with E-state index >= 15 is 0 Å². The van der Waals surface area contributed by atoms with Crippen molar-refractivity contribution in [2.45, 2.75) is 25.5 Å². The fraction of sp³-hybridized carbons (Fsp3) is 0.583. The van der Waals surface area contributed by atoms with Crippen LogP contribution in [0.25, 0.3) is 0 Å². The summed E-state index contributed by atoms with van der Waals surface area (Å²) >= 11 is 5.72. The fourth-order valence-corrected chi connectivity index (χ4v) is 1.94. The van der Waals surface area contributed by atoms with E-state index in [2.05, 4.69) is 9.88 Å². The molecule has 0 saturated heterocycles. The summed E-state index contributed by atoms with van der Waals surface area (Å²) in [5, 5.41) is 10.3. The molecule has 0 aromatic carbocycles. The first-order valence-corrected chi connectivity index (χ1v) is 6.00. The summed E-state index contributed by atoms with van der Waals surface area (Å²) in [5.41, 5.74) is 1.12. The van der Waals surface area contributed by atoms with Crippen LogP contribution in [0.4, 0.5) is 0 Å². The number of nitrogens with zero attached hydrogens (tertiary/aromatic N) is 2. The van der Waals surface area contributed by atoms with E-state index in [1.165, 1.54) is 12.8 Å². The maximum Gasteiger partial charge on any atom is 0.129 e. The van der Waals surface area contributed by atoms with Crippen LogP contribution >= 0.6 is 11.6 Å². The summed E-state index contributed by atoms with van der Waals surface area (Å²) in [6.07, 6.45) is 3.96. The van der Waals surface area contributed by atoms with Crippen LogP contribution in [-0.2, 0) is 6.54 Å². The molecule has 1 fully saturated rings. The highest BCUT2D eigenvalue weighted by Crippen LogP contribution is 2.32. The van der Waals surface area contributed by atoms with Gasteiger partial charge in [-0.3, -0.25) is 4.90 Å². The van der Waals surface area contributed by atoms with Gasteiger partial charge in [-0.15, -0.1) is 0 Å². The Balaban J connectivity index is 1.81. The SMILES string of the molecule is CN(Cc1ccc(Cl)nc1)CC(O)C1CC1. The van der Waals surface area contributed by atoms with Gasteiger partial charge in [0.25, 0.3) is 0 Å². The minimum Gasteiger partial charge on any atom is -0.392 e. The first-order chi connectivity index (χ1) is 7.65. The molecule has 1 aromatic rings. The Bertz CT molecular complexity index is 337. The summed E-state index contributed by atoms with van der Waals surface area (Å²) in [6.45, 7) is 1.53. The van der Waals surface area contributed by atoms with Crippen LogP contribution in [0.1, 0.15) is 18.4 Å². The van der Waals surface area contributed by atoms with E-state index in [9.17, 15) is 5.11 Å². The molecule has 2 rings (SSSR count). The predicted molar refractivity (Wildman–Crippen MR) is 64.3 cm³/mol. The highest BCUT2D eigenvalue weighted by molar-refractivity contribution is 6.29. The zero-order valence-electron chi connectivity index (χ0n) is 9.43. The number of rotatable bonds is 5. The van der Waals surface area contributed by atoms with Crippen LogP contribution in [0, 0.1) is 5.92 Å². The van der Waals surface area contributed by atoms with Gasteiger partial charge in [0.15, 0.2) is 0 Å². The Kier molecular flexibility index (Phi) is 3.79. The number of likely N-dealkylation sites (N-methyl/N-ethyl adjacent to an activating group) is 1. The second kappa shape index (κ2) is 5.13. The zero-order chi connectivity index (χ0) is 11.5. The van der Waals surface area contributed by atoms with Crippen LogP contribution in [0.2, 0.25) is 5.15 Å². The smallest absolute Gasteiger partial charge is 0.129 e. The van der Waals surface area contributed by atoms with Crippen LogP contribution in [0.5, 0.6) is 0 Å². The molecule has 3 nitrogen and oxygen atoms in total. The van der Waals surface area contributed by atoms with Crippen molar-refractivity contribution >= 4 is 11.6 Å². The van der Waals surface area contributed by atoms with Crippen LogP contribution in [0.15, 0.2) is 18.3 Å². The molecule has 0 radical (unpaired) electrons. The second-order valence-corrected chi connectivity index (χ2v) is 4.98. The summed E-state index contributed by atoms with van der Waals surface area (Å²) in [4.78, 5) is 6.15. The molecule has 1 aliphatic rings. The molecule has 0 spiro atoms. The van der Waals surface area contributed by atoms with Crippen molar-refractivity contribution in [1.29, 1.82) is 0 Å². The lowest BCUT2D eigenvalue weighted by atomic mass is 10.2. The first-order valence-electron chi connectivity index (χ1n) is 5.62. The van der Waals surface area contributed by atoms with E-state index in [-0.39, 0.29) is 6.10 Å². The van der Waals surface area contributed by atoms with Crippen molar-refractivity contribution in [2.75, 3.05) is 13.6 Å². The molecule has 16 heavy (non-hydrogen) atoms. The number of aliphatic hydroxyl groups excluding tert-OH is 1. The van der Waals surface area contributed by atoms with Crippen molar-refractivity contribution in [2.24, 2.45) is 5.92 Å². The molecule has 0 amide bonds. The van der Waals surface area contributed by atoms with Gasteiger partial charge in [-0.1, -0.05) is 17.7 Å². The number of halogens is 1. The average molecular weight is 241 g/mol. The lowest BCUT2D eigenvalue weighted by Gasteiger charge is -2.20. The standard InChI is InChI=1S/C12H17ClN2O/c1-15(8-11(16)10-3-4-10)7-9-2-5-12(13)14-6-9/h2,5-6,10-11,16H,3-4,7-8H2,1H3. The van der Waals surface area contributed by atoms with Gasteiger partial charge in [-0.2, -0.15) is 0 Å². The monoisotopic (exact) mass is 240 g/mol. The lowest BCUT2D eigenvalue weighted by molar-refractivity contribution is 0.104. The number of aliphatic hydroxyl groups is 1. The number of aromatic nitrogens is 1. The molecule has 1 aromatic heterocycles. The summed E-state index contributed by atoms with van der Waals surface area (Å²) in [7, 11) is 2.01. The third-order valence-corrected chi connectivity index (χ3v) is 3.13. The highest BCUT2D eigenvalue weighted by Gasteiger charge is 2.30. The summed E-state index contributed by atoms with van der Waals surface area (Å²) < 4.78 is 0. The third-order valence-electron chi connectivity index (χ3n) is 2.91. The number of pyridine rings is 1. The predicted octanol–water partition coefficient (Wildman–Crippen LogP) is 1.94. The molecule has 1 aliphatic carbocycles. The van der Waals surface area contributed by atoms with Crippen LogP contribution < -0.4 is 0 Å². The highest BCUT2D eigenvalue weighted by atomic mass is 35.5. The van der Waals surface area contributed by atoms with Crippen molar-refractivity contribution < 1.29 is 5.11 Å². The molecule has 1 N–H and O–H groups in total. The second-order valence-electron chi connectivity index (χ2n) is 4.59. The van der Waals surface area contributed by atoms with E-state index in [1.54, 1.807) is 12.3 Å². The van der Waals surface area contributed by atoms with Crippen molar-refractivity contribution in [3.63, 3.8) is 0 Å². The van der Waals surface area contributed by atoms with Gasteiger partial charge >= 0.3 is 0 Å². The van der Waals surface area contributed by atoms with Gasteiger partial charge in [0, 0.05) is 19.3 Å². The van der Waals surface area contributed by atoms with Crippen molar-refractivity contribution in [3.05, 3.63) is 29.0 Å². The van der Waals surface area contributed by atoms with Crippen LogP contribution in [0.3, 0.4) is 0 Å². The molecule has 1 heterocycles. The number of hydrogen-bond acceptors (Lipinski definition) is 3. The Morgan fingerprint density at radius 2 is 2.31 bits per heavy atom. The minimum atomic E-state index is -0.176. The van der Waals surface area contributed by atoms with Crippen molar-refractivity contribution in [3.8, 4) is 0 Å². The normalized spacial score (nSPS) is 17.8. The van der Waals surface area contributed by atoms with E-state index in [4.69, 9.17) is 11.6 Å². The molecular formula is C12H17ClN2O. The first kappa shape index (κ1) is 11.8. The molecule has 0 aliphatic heterocycles. The summed E-state index contributed by atoms with van der Waals surface area (Å²) in [5.74, 6) is 0.533. The van der Waals surface area contributed by atoms with E-state index in [0.29, 0.717) is 11.1 Å². The van der Waals surface area contributed by atoms with Gasteiger partial charge in [-0.05, 0) is 37.4 Å². The molecule has 88 valence electrons. The third kappa shape index (κ3) is 3.44.